The molecule has 0 amide bonds. The number of hydrogen-bond donors (Lipinski definition) is 1. The fraction of sp³-hybridized carbons (Fsp3) is 0.857. The molecule has 0 radical (unpaired) electrons. The van der Waals surface area contributed by atoms with Gasteiger partial charge >= 0.3 is 0 Å². The van der Waals surface area contributed by atoms with Crippen molar-refractivity contribution in [3.8, 4) is 11.8 Å². The van der Waals surface area contributed by atoms with E-state index in [1.54, 1.807) is 0 Å². The van der Waals surface area contributed by atoms with E-state index in [1.165, 1.54) is 19.3 Å². The van der Waals surface area contributed by atoms with Crippen LogP contribution < -0.4 is 5.32 Å². The van der Waals surface area contributed by atoms with Gasteiger partial charge in [0.25, 0.3) is 0 Å². The van der Waals surface area contributed by atoms with Gasteiger partial charge in [-0.1, -0.05) is 20.8 Å². The molecule has 0 bridgehead atoms. The molecule has 2 unspecified atom stereocenters. The summed E-state index contributed by atoms with van der Waals surface area (Å²) in [5, 5.41) is 3.64. The highest BCUT2D eigenvalue weighted by atomic mass is 14.9. The van der Waals surface area contributed by atoms with Crippen LogP contribution >= 0.6 is 0 Å². The molecule has 0 aromatic carbocycles. The Balaban J connectivity index is 2.28. The minimum Gasteiger partial charge on any atom is -0.313 e. The smallest absolute Gasteiger partial charge is 0.0214 e. The molecule has 1 nitrogen and oxygen atoms in total. The van der Waals surface area contributed by atoms with Gasteiger partial charge in [-0.3, -0.25) is 0 Å². The Kier molecular flexibility index (Phi) is 4.67. The molecule has 1 fully saturated rings. The Labute approximate surface area is 95.0 Å². The van der Waals surface area contributed by atoms with Crippen molar-refractivity contribution in [2.24, 2.45) is 11.3 Å². The van der Waals surface area contributed by atoms with E-state index in [2.05, 4.69) is 37.9 Å². The molecule has 86 valence electrons. The molecule has 0 aliphatic heterocycles. The molecular weight excluding hydrogens is 182 g/mol. The number of nitrogens with one attached hydrogen (secondary N) is 1. The summed E-state index contributed by atoms with van der Waals surface area (Å²) in [7, 11) is 0. The first kappa shape index (κ1) is 12.6. The Morgan fingerprint density at radius 3 is 2.73 bits per heavy atom. The van der Waals surface area contributed by atoms with Gasteiger partial charge in [0.1, 0.15) is 0 Å². The lowest BCUT2D eigenvalue weighted by Gasteiger charge is -2.39. The molecule has 0 heterocycles. The largest absolute Gasteiger partial charge is 0.313 e. The van der Waals surface area contributed by atoms with E-state index in [0.29, 0.717) is 5.41 Å². The summed E-state index contributed by atoms with van der Waals surface area (Å²) in [5.41, 5.74) is 0.556. The average molecular weight is 207 g/mol. The summed E-state index contributed by atoms with van der Waals surface area (Å²) < 4.78 is 0. The monoisotopic (exact) mass is 207 g/mol. The van der Waals surface area contributed by atoms with Crippen molar-refractivity contribution in [2.75, 3.05) is 6.54 Å². The van der Waals surface area contributed by atoms with E-state index in [9.17, 15) is 0 Å². The van der Waals surface area contributed by atoms with Gasteiger partial charge in [0, 0.05) is 19.0 Å². The zero-order valence-electron chi connectivity index (χ0n) is 10.7. The first-order valence-electron chi connectivity index (χ1n) is 6.18. The second kappa shape index (κ2) is 5.56. The van der Waals surface area contributed by atoms with Gasteiger partial charge in [-0.05, 0) is 37.5 Å². The second-order valence-electron chi connectivity index (χ2n) is 5.62. The Hall–Kier alpha value is -0.480. The predicted molar refractivity (Wildman–Crippen MR) is 66.7 cm³/mol. The van der Waals surface area contributed by atoms with Crippen LogP contribution in [-0.4, -0.2) is 12.6 Å². The van der Waals surface area contributed by atoms with E-state index in [4.69, 9.17) is 0 Å². The zero-order valence-corrected chi connectivity index (χ0v) is 10.7. The van der Waals surface area contributed by atoms with Gasteiger partial charge in [0.05, 0.1) is 0 Å². The third kappa shape index (κ3) is 4.26. The molecule has 1 saturated carbocycles. The molecule has 1 N–H and O–H groups in total. The zero-order chi connectivity index (χ0) is 11.3. The first-order valence-corrected chi connectivity index (χ1v) is 6.18. The van der Waals surface area contributed by atoms with Crippen molar-refractivity contribution >= 4 is 0 Å². The quantitative estimate of drug-likeness (QED) is 0.553. The molecule has 0 aromatic heterocycles. The van der Waals surface area contributed by atoms with Crippen molar-refractivity contribution in [3.63, 3.8) is 0 Å². The van der Waals surface area contributed by atoms with Crippen LogP contribution in [0, 0.1) is 23.2 Å². The molecule has 0 aromatic rings. The maximum Gasteiger partial charge on any atom is 0.0214 e. The number of rotatable bonds is 3. The lowest BCUT2D eigenvalue weighted by Crippen LogP contribution is -2.41. The van der Waals surface area contributed by atoms with Crippen molar-refractivity contribution in [1.82, 2.24) is 5.32 Å². The van der Waals surface area contributed by atoms with Gasteiger partial charge in [0.15, 0.2) is 0 Å². The number of hydrogen-bond acceptors (Lipinski definition) is 1. The summed E-state index contributed by atoms with van der Waals surface area (Å²) in [6.45, 7) is 10.1. The summed E-state index contributed by atoms with van der Waals surface area (Å²) >= 11 is 0. The normalized spacial score (nSPS) is 29.3. The Morgan fingerprint density at radius 1 is 1.40 bits per heavy atom. The molecule has 2 atom stereocenters. The van der Waals surface area contributed by atoms with E-state index < -0.39 is 0 Å². The molecule has 1 aliphatic rings. The SMILES string of the molecule is CC#CCCNC1CCC(C)(C)CC1C. The highest BCUT2D eigenvalue weighted by Crippen LogP contribution is 2.38. The summed E-state index contributed by atoms with van der Waals surface area (Å²) in [6.07, 6.45) is 5.02. The van der Waals surface area contributed by atoms with Gasteiger partial charge in [-0.2, -0.15) is 0 Å². The van der Waals surface area contributed by atoms with Crippen LogP contribution in [0.4, 0.5) is 0 Å². The van der Waals surface area contributed by atoms with Crippen LogP contribution in [0.5, 0.6) is 0 Å². The van der Waals surface area contributed by atoms with E-state index in [0.717, 1.165) is 24.9 Å². The highest BCUT2D eigenvalue weighted by molar-refractivity contribution is 4.96. The molecular formula is C14H25N. The third-order valence-electron chi connectivity index (χ3n) is 3.53. The predicted octanol–water partition coefficient (Wildman–Crippen LogP) is 3.20. The van der Waals surface area contributed by atoms with Gasteiger partial charge in [-0.15, -0.1) is 11.8 Å². The molecule has 1 aliphatic carbocycles. The van der Waals surface area contributed by atoms with E-state index in [-0.39, 0.29) is 0 Å². The fourth-order valence-corrected chi connectivity index (χ4v) is 2.70. The topological polar surface area (TPSA) is 12.0 Å². The van der Waals surface area contributed by atoms with Crippen LogP contribution in [-0.2, 0) is 0 Å². The maximum atomic E-state index is 3.64. The van der Waals surface area contributed by atoms with E-state index in [1.807, 2.05) is 6.92 Å². The lowest BCUT2D eigenvalue weighted by molar-refractivity contribution is 0.150. The average Bonchev–Trinajstić information content (AvgIpc) is 2.14. The summed E-state index contributed by atoms with van der Waals surface area (Å²) in [4.78, 5) is 0. The van der Waals surface area contributed by atoms with Crippen LogP contribution in [0.25, 0.3) is 0 Å². The van der Waals surface area contributed by atoms with Gasteiger partial charge in [-0.25, -0.2) is 0 Å². The van der Waals surface area contributed by atoms with Gasteiger partial charge in [0.2, 0.25) is 0 Å². The fourth-order valence-electron chi connectivity index (χ4n) is 2.70. The minimum atomic E-state index is 0.556. The van der Waals surface area contributed by atoms with Crippen molar-refractivity contribution < 1.29 is 0 Å². The van der Waals surface area contributed by atoms with Crippen LogP contribution in [0.15, 0.2) is 0 Å². The molecule has 0 saturated heterocycles. The van der Waals surface area contributed by atoms with Gasteiger partial charge < -0.3 is 5.32 Å². The first-order chi connectivity index (χ1) is 7.05. The van der Waals surface area contributed by atoms with Crippen LogP contribution in [0.1, 0.15) is 53.4 Å². The molecule has 0 spiro atoms. The van der Waals surface area contributed by atoms with Crippen molar-refractivity contribution in [2.45, 2.75) is 59.4 Å². The summed E-state index contributed by atoms with van der Waals surface area (Å²) in [6, 6.07) is 0.719. The van der Waals surface area contributed by atoms with Crippen molar-refractivity contribution in [1.29, 1.82) is 0 Å². The molecule has 15 heavy (non-hydrogen) atoms. The second-order valence-corrected chi connectivity index (χ2v) is 5.62. The molecule has 1 rings (SSSR count). The third-order valence-corrected chi connectivity index (χ3v) is 3.53. The highest BCUT2D eigenvalue weighted by Gasteiger charge is 2.31. The molecule has 1 heteroatoms. The summed E-state index contributed by atoms with van der Waals surface area (Å²) in [5.74, 6) is 6.85. The van der Waals surface area contributed by atoms with Crippen LogP contribution in [0.2, 0.25) is 0 Å². The Morgan fingerprint density at radius 2 is 2.13 bits per heavy atom. The minimum absolute atomic E-state index is 0.556. The lowest BCUT2D eigenvalue weighted by atomic mass is 9.70. The van der Waals surface area contributed by atoms with Crippen LogP contribution in [0.3, 0.4) is 0 Å². The maximum absolute atomic E-state index is 3.64. The Bertz CT molecular complexity index is 244. The van der Waals surface area contributed by atoms with Crippen molar-refractivity contribution in [3.05, 3.63) is 0 Å². The van der Waals surface area contributed by atoms with E-state index >= 15 is 0 Å². The standard InChI is InChI=1S/C14H25N/c1-5-6-7-10-15-13-8-9-14(3,4)11-12(13)2/h12-13,15H,7-11H2,1-4H3.